The predicted octanol–water partition coefficient (Wildman–Crippen LogP) is 2.60. The second-order valence-electron chi connectivity index (χ2n) is 5.28. The molecular weight excluding hydrogens is 214 g/mol. The van der Waals surface area contributed by atoms with E-state index in [4.69, 9.17) is 4.74 Å². The van der Waals surface area contributed by atoms with Gasteiger partial charge in [-0.05, 0) is 51.8 Å². The third-order valence-electron chi connectivity index (χ3n) is 2.43. The molecule has 0 aliphatic rings. The third-order valence-corrected chi connectivity index (χ3v) is 2.43. The van der Waals surface area contributed by atoms with Crippen molar-refractivity contribution in [3.05, 3.63) is 29.3 Å². The number of ether oxygens (including phenoxy) is 1. The van der Waals surface area contributed by atoms with E-state index in [9.17, 15) is 4.79 Å². The molecule has 0 saturated heterocycles. The monoisotopic (exact) mass is 235 g/mol. The molecule has 3 heteroatoms. The Bertz CT molecular complexity index is 405. The summed E-state index contributed by atoms with van der Waals surface area (Å²) in [6.45, 7) is 9.92. The Morgan fingerprint density at radius 3 is 2.53 bits per heavy atom. The van der Waals surface area contributed by atoms with Gasteiger partial charge in [-0.1, -0.05) is 12.1 Å². The van der Waals surface area contributed by atoms with Gasteiger partial charge in [-0.3, -0.25) is 4.79 Å². The van der Waals surface area contributed by atoms with Crippen LogP contribution in [0.5, 0.6) is 5.75 Å². The van der Waals surface area contributed by atoms with Crippen LogP contribution in [0, 0.1) is 13.8 Å². The average Bonchev–Trinajstić information content (AvgIpc) is 2.18. The predicted molar refractivity (Wildman–Crippen MR) is 69.3 cm³/mol. The normalized spacial score (nSPS) is 11.1. The van der Waals surface area contributed by atoms with Gasteiger partial charge in [0.15, 0.2) is 6.61 Å². The average molecular weight is 235 g/mol. The van der Waals surface area contributed by atoms with Gasteiger partial charge in [0.25, 0.3) is 5.91 Å². The minimum Gasteiger partial charge on any atom is -0.483 e. The summed E-state index contributed by atoms with van der Waals surface area (Å²) in [5.74, 6) is 0.674. The van der Waals surface area contributed by atoms with E-state index in [2.05, 4.69) is 5.32 Å². The lowest BCUT2D eigenvalue weighted by molar-refractivity contribution is -0.124. The fourth-order valence-corrected chi connectivity index (χ4v) is 1.48. The number of carbonyl (C=O) groups is 1. The van der Waals surface area contributed by atoms with Gasteiger partial charge < -0.3 is 10.1 Å². The lowest BCUT2D eigenvalue weighted by Crippen LogP contribution is -2.43. The zero-order chi connectivity index (χ0) is 13.1. The summed E-state index contributed by atoms with van der Waals surface area (Å²) in [6.07, 6.45) is 0. The van der Waals surface area contributed by atoms with Crippen molar-refractivity contribution >= 4 is 5.91 Å². The van der Waals surface area contributed by atoms with Crippen LogP contribution in [-0.2, 0) is 4.79 Å². The molecule has 94 valence electrons. The first kappa shape index (κ1) is 13.6. The number of carbonyl (C=O) groups excluding carboxylic acids is 1. The maximum absolute atomic E-state index is 11.6. The van der Waals surface area contributed by atoms with Crippen LogP contribution < -0.4 is 10.1 Å². The largest absolute Gasteiger partial charge is 0.483 e. The Balaban J connectivity index is 2.56. The maximum Gasteiger partial charge on any atom is 0.258 e. The molecule has 0 aliphatic heterocycles. The Kier molecular flexibility index (Phi) is 4.16. The molecule has 0 fully saturated rings. The minimum atomic E-state index is -0.220. The highest BCUT2D eigenvalue weighted by molar-refractivity contribution is 5.78. The minimum absolute atomic E-state index is 0.0571. The molecule has 1 N–H and O–H groups in total. The molecule has 1 aromatic carbocycles. The standard InChI is InChI=1S/C14H21NO2/c1-10-7-6-8-12(11(10)2)17-9-13(16)15-14(3,4)5/h6-8H,9H2,1-5H3,(H,15,16). The Morgan fingerprint density at radius 2 is 1.94 bits per heavy atom. The molecule has 1 amide bonds. The van der Waals surface area contributed by atoms with Gasteiger partial charge in [0, 0.05) is 5.54 Å². The SMILES string of the molecule is Cc1cccc(OCC(=O)NC(C)(C)C)c1C. The summed E-state index contributed by atoms with van der Waals surface area (Å²) < 4.78 is 5.51. The van der Waals surface area contributed by atoms with Crippen LogP contribution in [0.15, 0.2) is 18.2 Å². The smallest absolute Gasteiger partial charge is 0.258 e. The van der Waals surface area contributed by atoms with Crippen LogP contribution >= 0.6 is 0 Å². The highest BCUT2D eigenvalue weighted by atomic mass is 16.5. The number of benzene rings is 1. The van der Waals surface area contributed by atoms with Crippen LogP contribution in [0.25, 0.3) is 0 Å². The van der Waals surface area contributed by atoms with E-state index < -0.39 is 0 Å². The summed E-state index contributed by atoms with van der Waals surface area (Å²) in [5.41, 5.74) is 2.03. The number of nitrogens with one attached hydrogen (secondary N) is 1. The Morgan fingerprint density at radius 1 is 1.29 bits per heavy atom. The van der Waals surface area contributed by atoms with Crippen molar-refractivity contribution in [2.24, 2.45) is 0 Å². The van der Waals surface area contributed by atoms with Crippen LogP contribution in [0.2, 0.25) is 0 Å². The first-order valence-electron chi connectivity index (χ1n) is 5.79. The molecule has 0 aliphatic carbocycles. The lowest BCUT2D eigenvalue weighted by atomic mass is 10.1. The fraction of sp³-hybridized carbons (Fsp3) is 0.500. The zero-order valence-corrected chi connectivity index (χ0v) is 11.3. The Labute approximate surface area is 103 Å². The van der Waals surface area contributed by atoms with E-state index in [0.717, 1.165) is 11.3 Å². The van der Waals surface area contributed by atoms with Gasteiger partial charge in [0.2, 0.25) is 0 Å². The molecule has 0 saturated carbocycles. The lowest BCUT2D eigenvalue weighted by Gasteiger charge is -2.20. The topological polar surface area (TPSA) is 38.3 Å². The van der Waals surface area contributed by atoms with Crippen molar-refractivity contribution in [2.45, 2.75) is 40.2 Å². The number of rotatable bonds is 3. The quantitative estimate of drug-likeness (QED) is 0.874. The molecule has 0 unspecified atom stereocenters. The Hall–Kier alpha value is -1.51. The molecule has 0 spiro atoms. The molecule has 0 radical (unpaired) electrons. The van der Waals surface area contributed by atoms with Crippen molar-refractivity contribution in [2.75, 3.05) is 6.61 Å². The molecule has 17 heavy (non-hydrogen) atoms. The van der Waals surface area contributed by atoms with Gasteiger partial charge in [-0.25, -0.2) is 0 Å². The summed E-state index contributed by atoms with van der Waals surface area (Å²) in [5, 5.41) is 2.86. The second-order valence-corrected chi connectivity index (χ2v) is 5.28. The van der Waals surface area contributed by atoms with Crippen molar-refractivity contribution in [3.63, 3.8) is 0 Å². The van der Waals surface area contributed by atoms with Crippen LogP contribution in [0.3, 0.4) is 0 Å². The van der Waals surface area contributed by atoms with E-state index in [1.165, 1.54) is 5.56 Å². The fourth-order valence-electron chi connectivity index (χ4n) is 1.48. The summed E-state index contributed by atoms with van der Waals surface area (Å²) >= 11 is 0. The first-order chi connectivity index (χ1) is 7.79. The van der Waals surface area contributed by atoms with Gasteiger partial charge in [0.1, 0.15) is 5.75 Å². The van der Waals surface area contributed by atoms with Gasteiger partial charge in [0.05, 0.1) is 0 Å². The van der Waals surface area contributed by atoms with Crippen molar-refractivity contribution in [1.82, 2.24) is 5.32 Å². The van der Waals surface area contributed by atoms with E-state index in [-0.39, 0.29) is 18.1 Å². The van der Waals surface area contributed by atoms with Crippen LogP contribution in [0.1, 0.15) is 31.9 Å². The summed E-state index contributed by atoms with van der Waals surface area (Å²) in [6, 6.07) is 5.84. The highest BCUT2D eigenvalue weighted by Crippen LogP contribution is 2.20. The molecule has 0 atom stereocenters. The zero-order valence-electron chi connectivity index (χ0n) is 11.3. The number of aryl methyl sites for hydroxylation is 1. The van der Waals surface area contributed by atoms with E-state index in [1.54, 1.807) is 0 Å². The molecular formula is C14H21NO2. The van der Waals surface area contributed by atoms with Crippen LogP contribution in [-0.4, -0.2) is 18.1 Å². The number of amides is 1. The van der Waals surface area contributed by atoms with Crippen molar-refractivity contribution < 1.29 is 9.53 Å². The third kappa shape index (κ3) is 4.47. The molecule has 0 bridgehead atoms. The first-order valence-corrected chi connectivity index (χ1v) is 5.79. The van der Waals surface area contributed by atoms with E-state index in [1.807, 2.05) is 52.8 Å². The van der Waals surface area contributed by atoms with E-state index in [0.29, 0.717) is 0 Å². The molecule has 1 rings (SSSR count). The molecule has 0 aromatic heterocycles. The summed E-state index contributed by atoms with van der Waals surface area (Å²) in [7, 11) is 0. The summed E-state index contributed by atoms with van der Waals surface area (Å²) in [4.78, 5) is 11.6. The van der Waals surface area contributed by atoms with E-state index >= 15 is 0 Å². The van der Waals surface area contributed by atoms with Crippen molar-refractivity contribution in [1.29, 1.82) is 0 Å². The highest BCUT2D eigenvalue weighted by Gasteiger charge is 2.14. The van der Waals surface area contributed by atoms with Crippen LogP contribution in [0.4, 0.5) is 0 Å². The van der Waals surface area contributed by atoms with Gasteiger partial charge in [-0.2, -0.15) is 0 Å². The van der Waals surface area contributed by atoms with Crippen molar-refractivity contribution in [3.8, 4) is 5.75 Å². The number of hydrogen-bond donors (Lipinski definition) is 1. The van der Waals surface area contributed by atoms with Gasteiger partial charge in [-0.15, -0.1) is 0 Å². The molecule has 1 aromatic rings. The second kappa shape index (κ2) is 5.21. The molecule has 3 nitrogen and oxygen atoms in total. The molecule has 0 heterocycles. The number of hydrogen-bond acceptors (Lipinski definition) is 2. The maximum atomic E-state index is 11.6. The van der Waals surface area contributed by atoms with Gasteiger partial charge >= 0.3 is 0 Å².